The maximum atomic E-state index is 12.9. The second-order valence-corrected chi connectivity index (χ2v) is 5.00. The number of carbonyl (C=O) groups excluding carboxylic acids is 1. The van der Waals surface area contributed by atoms with Crippen molar-refractivity contribution in [3.8, 4) is 11.5 Å². The summed E-state index contributed by atoms with van der Waals surface area (Å²) in [5, 5.41) is 0. The van der Waals surface area contributed by atoms with Gasteiger partial charge in [0.2, 0.25) is 0 Å². The molecule has 1 saturated carbocycles. The lowest BCUT2D eigenvalue weighted by Gasteiger charge is -2.16. The van der Waals surface area contributed by atoms with Crippen molar-refractivity contribution < 1.29 is 18.7 Å². The topological polar surface area (TPSA) is 61.6 Å². The Bertz CT molecular complexity index is 665. The average molecular weight is 287 g/mol. The highest BCUT2D eigenvalue weighted by atomic mass is 19.1. The van der Waals surface area contributed by atoms with Crippen LogP contribution in [0.3, 0.4) is 0 Å². The summed E-state index contributed by atoms with van der Waals surface area (Å²) in [4.78, 5) is 11.0. The van der Waals surface area contributed by atoms with E-state index in [9.17, 15) is 9.18 Å². The molecule has 0 spiro atoms. The molecule has 0 unspecified atom stereocenters. The summed E-state index contributed by atoms with van der Waals surface area (Å²) in [6.07, 6.45) is 0.712. The van der Waals surface area contributed by atoms with Gasteiger partial charge in [0.15, 0.2) is 0 Å². The number of ether oxygens (including phenoxy) is 2. The van der Waals surface area contributed by atoms with E-state index in [0.717, 1.165) is 18.4 Å². The largest absolute Gasteiger partial charge is 0.457 e. The molecule has 0 bridgehead atoms. The van der Waals surface area contributed by atoms with Crippen molar-refractivity contribution in [1.29, 1.82) is 0 Å². The number of rotatable bonds is 4. The fourth-order valence-corrected chi connectivity index (χ4v) is 2.24. The van der Waals surface area contributed by atoms with Gasteiger partial charge in [-0.1, -0.05) is 12.1 Å². The Morgan fingerprint density at radius 1 is 1.10 bits per heavy atom. The van der Waals surface area contributed by atoms with Crippen LogP contribution in [0.4, 0.5) is 9.18 Å². The van der Waals surface area contributed by atoms with Crippen LogP contribution < -0.4 is 10.5 Å². The quantitative estimate of drug-likeness (QED) is 0.932. The third kappa shape index (κ3) is 2.97. The summed E-state index contributed by atoms with van der Waals surface area (Å²) in [5.74, 6) is 0.815. The van der Waals surface area contributed by atoms with Gasteiger partial charge in [-0.15, -0.1) is 0 Å². The van der Waals surface area contributed by atoms with E-state index in [2.05, 4.69) is 0 Å². The Labute approximate surface area is 121 Å². The average Bonchev–Trinajstić information content (AvgIpc) is 3.22. The maximum Gasteiger partial charge on any atom is 0.405 e. The molecule has 2 aromatic rings. The fraction of sp³-hybridized carbons (Fsp3) is 0.188. The van der Waals surface area contributed by atoms with Crippen LogP contribution in [0.5, 0.6) is 11.5 Å². The molecule has 0 saturated heterocycles. The lowest BCUT2D eigenvalue weighted by molar-refractivity contribution is 0.0898. The van der Waals surface area contributed by atoms with Crippen molar-refractivity contribution in [2.45, 2.75) is 18.4 Å². The zero-order valence-electron chi connectivity index (χ0n) is 11.2. The SMILES string of the molecule is NC(=O)OC1(c2cccc(Oc3ccc(F)cc3)c2)CC1. The Balaban J connectivity index is 1.80. The van der Waals surface area contributed by atoms with Crippen LogP contribution in [-0.2, 0) is 10.3 Å². The molecular formula is C16H14FNO3. The predicted octanol–water partition coefficient (Wildman–Crippen LogP) is 3.70. The highest BCUT2D eigenvalue weighted by molar-refractivity contribution is 5.66. The number of benzene rings is 2. The van der Waals surface area contributed by atoms with Crippen LogP contribution >= 0.6 is 0 Å². The molecule has 0 heterocycles. The molecule has 4 nitrogen and oxygen atoms in total. The van der Waals surface area contributed by atoms with Crippen molar-refractivity contribution in [1.82, 2.24) is 0 Å². The summed E-state index contributed by atoms with van der Waals surface area (Å²) in [6.45, 7) is 0. The molecule has 21 heavy (non-hydrogen) atoms. The molecule has 0 aliphatic heterocycles. The van der Waals surface area contributed by atoms with E-state index >= 15 is 0 Å². The predicted molar refractivity (Wildman–Crippen MR) is 74.5 cm³/mol. The van der Waals surface area contributed by atoms with Crippen LogP contribution in [0.15, 0.2) is 48.5 Å². The van der Waals surface area contributed by atoms with Gasteiger partial charge in [-0.3, -0.25) is 0 Å². The summed E-state index contributed by atoms with van der Waals surface area (Å²) in [7, 11) is 0. The summed E-state index contributed by atoms with van der Waals surface area (Å²) < 4.78 is 23.7. The zero-order valence-corrected chi connectivity index (χ0v) is 11.2. The van der Waals surface area contributed by atoms with Gasteiger partial charge >= 0.3 is 6.09 Å². The highest BCUT2D eigenvalue weighted by Crippen LogP contribution is 2.49. The summed E-state index contributed by atoms with van der Waals surface area (Å²) in [6, 6.07) is 13.0. The Kier molecular flexibility index (Phi) is 3.25. The Morgan fingerprint density at radius 2 is 1.81 bits per heavy atom. The first kappa shape index (κ1) is 13.4. The highest BCUT2D eigenvalue weighted by Gasteiger charge is 2.48. The molecular weight excluding hydrogens is 273 g/mol. The lowest BCUT2D eigenvalue weighted by Crippen LogP contribution is -2.22. The fourth-order valence-electron chi connectivity index (χ4n) is 2.24. The third-order valence-electron chi connectivity index (χ3n) is 3.41. The number of hydrogen-bond acceptors (Lipinski definition) is 3. The lowest BCUT2D eigenvalue weighted by atomic mass is 10.1. The van der Waals surface area contributed by atoms with Gasteiger partial charge in [0.25, 0.3) is 0 Å². The first-order chi connectivity index (χ1) is 10.1. The first-order valence-electron chi connectivity index (χ1n) is 6.60. The van der Waals surface area contributed by atoms with Crippen molar-refractivity contribution in [3.05, 3.63) is 59.9 Å². The van der Waals surface area contributed by atoms with E-state index in [1.807, 2.05) is 12.1 Å². The van der Waals surface area contributed by atoms with Gasteiger partial charge in [-0.2, -0.15) is 0 Å². The molecule has 1 aliphatic carbocycles. The molecule has 0 atom stereocenters. The Morgan fingerprint density at radius 3 is 2.43 bits per heavy atom. The minimum Gasteiger partial charge on any atom is -0.457 e. The maximum absolute atomic E-state index is 12.9. The minimum absolute atomic E-state index is 0.317. The molecule has 0 radical (unpaired) electrons. The van der Waals surface area contributed by atoms with Gasteiger partial charge in [-0.05, 0) is 54.8 Å². The van der Waals surface area contributed by atoms with Gasteiger partial charge in [0.1, 0.15) is 22.9 Å². The number of amides is 1. The molecule has 3 rings (SSSR count). The van der Waals surface area contributed by atoms with Crippen LogP contribution in [0.1, 0.15) is 18.4 Å². The third-order valence-corrected chi connectivity index (χ3v) is 3.41. The molecule has 2 N–H and O–H groups in total. The number of carbonyl (C=O) groups is 1. The van der Waals surface area contributed by atoms with E-state index < -0.39 is 11.7 Å². The minimum atomic E-state index is -0.780. The second kappa shape index (κ2) is 5.09. The normalized spacial score (nSPS) is 15.3. The van der Waals surface area contributed by atoms with Crippen LogP contribution in [0.2, 0.25) is 0 Å². The van der Waals surface area contributed by atoms with Gasteiger partial charge < -0.3 is 15.2 Å². The van der Waals surface area contributed by atoms with Crippen molar-refractivity contribution in [3.63, 3.8) is 0 Å². The number of nitrogens with two attached hydrogens (primary N) is 1. The van der Waals surface area contributed by atoms with Crippen LogP contribution in [-0.4, -0.2) is 6.09 Å². The van der Waals surface area contributed by atoms with Crippen molar-refractivity contribution >= 4 is 6.09 Å². The van der Waals surface area contributed by atoms with Crippen LogP contribution in [0, 0.1) is 5.82 Å². The molecule has 5 heteroatoms. The van der Waals surface area contributed by atoms with Gasteiger partial charge in [-0.25, -0.2) is 9.18 Å². The van der Waals surface area contributed by atoms with Crippen LogP contribution in [0.25, 0.3) is 0 Å². The van der Waals surface area contributed by atoms with Crippen molar-refractivity contribution in [2.24, 2.45) is 5.73 Å². The first-order valence-corrected chi connectivity index (χ1v) is 6.60. The van der Waals surface area contributed by atoms with E-state index in [0.29, 0.717) is 11.5 Å². The monoisotopic (exact) mass is 287 g/mol. The molecule has 2 aromatic carbocycles. The molecule has 0 aromatic heterocycles. The zero-order chi connectivity index (χ0) is 14.9. The van der Waals surface area contributed by atoms with E-state index in [4.69, 9.17) is 15.2 Å². The van der Waals surface area contributed by atoms with E-state index in [1.165, 1.54) is 12.1 Å². The van der Waals surface area contributed by atoms with Crippen molar-refractivity contribution in [2.75, 3.05) is 0 Å². The molecule has 1 fully saturated rings. The van der Waals surface area contributed by atoms with E-state index in [-0.39, 0.29) is 5.82 Å². The number of hydrogen-bond donors (Lipinski definition) is 1. The van der Waals surface area contributed by atoms with E-state index in [1.54, 1.807) is 24.3 Å². The Hall–Kier alpha value is -2.56. The molecule has 108 valence electrons. The standard InChI is InChI=1S/C16H14FNO3/c17-12-4-6-13(7-5-12)20-14-3-1-2-11(10-14)16(8-9-16)21-15(18)19/h1-7,10H,8-9H2,(H2,18,19). The summed E-state index contributed by atoms with van der Waals surface area (Å²) >= 11 is 0. The smallest absolute Gasteiger partial charge is 0.405 e. The second-order valence-electron chi connectivity index (χ2n) is 5.00. The van der Waals surface area contributed by atoms with Gasteiger partial charge in [0, 0.05) is 0 Å². The molecule has 1 aliphatic rings. The number of halogens is 1. The summed E-state index contributed by atoms with van der Waals surface area (Å²) in [5.41, 5.74) is 5.33. The molecule has 1 amide bonds. The van der Waals surface area contributed by atoms with Gasteiger partial charge in [0.05, 0.1) is 0 Å². The number of primary amides is 1.